The number of rotatable bonds is 7. The molecule has 2 fully saturated rings. The highest BCUT2D eigenvalue weighted by atomic mass is 16.5. The van der Waals surface area contributed by atoms with Crippen molar-refractivity contribution in [2.45, 2.75) is 43.3 Å². The van der Waals surface area contributed by atoms with Gasteiger partial charge in [0.25, 0.3) is 0 Å². The number of aliphatic hydroxyl groups is 1. The molecule has 172 valence electrons. The first-order valence-electron chi connectivity index (χ1n) is 11.5. The SMILES string of the molecule is COc1ccc(CN2C[C@]3(CC[C@@](c4ccccc4)(N(C)C)CC3)N(CCO)C2=O)cc1. The Morgan fingerprint density at radius 1 is 1.00 bits per heavy atom. The number of carbonyl (C=O) groups is 1. The predicted octanol–water partition coefficient (Wildman–Crippen LogP) is 3.70. The first kappa shape index (κ1) is 22.6. The number of urea groups is 1. The van der Waals surface area contributed by atoms with Gasteiger partial charge in [-0.05, 0) is 63.0 Å². The molecule has 1 heterocycles. The molecule has 6 nitrogen and oxygen atoms in total. The molecule has 1 aliphatic heterocycles. The lowest BCUT2D eigenvalue weighted by atomic mass is 9.68. The topological polar surface area (TPSA) is 56.3 Å². The molecule has 2 aromatic rings. The molecule has 6 heteroatoms. The number of hydrogen-bond donors (Lipinski definition) is 1. The normalized spacial score (nSPS) is 25.7. The van der Waals surface area contributed by atoms with Crippen molar-refractivity contribution in [3.63, 3.8) is 0 Å². The molecule has 2 amide bonds. The summed E-state index contributed by atoms with van der Waals surface area (Å²) in [5, 5.41) is 9.73. The van der Waals surface area contributed by atoms with Crippen LogP contribution in [0.4, 0.5) is 4.79 Å². The van der Waals surface area contributed by atoms with Crippen molar-refractivity contribution in [2.24, 2.45) is 0 Å². The number of ether oxygens (including phenoxy) is 1. The third kappa shape index (κ3) is 3.97. The van der Waals surface area contributed by atoms with Gasteiger partial charge in [0, 0.05) is 25.2 Å². The van der Waals surface area contributed by atoms with Gasteiger partial charge in [-0.15, -0.1) is 0 Å². The van der Waals surface area contributed by atoms with Crippen LogP contribution in [-0.4, -0.2) is 72.3 Å². The second kappa shape index (κ2) is 9.12. The summed E-state index contributed by atoms with van der Waals surface area (Å²) in [6.45, 7) is 1.65. The number of benzene rings is 2. The smallest absolute Gasteiger partial charge is 0.320 e. The molecule has 0 unspecified atom stereocenters. The van der Waals surface area contributed by atoms with E-state index in [0.29, 0.717) is 19.6 Å². The Bertz CT molecular complexity index is 906. The van der Waals surface area contributed by atoms with Crippen molar-refractivity contribution in [2.75, 3.05) is 40.9 Å². The lowest BCUT2D eigenvalue weighted by Crippen LogP contribution is -2.55. The lowest BCUT2D eigenvalue weighted by Gasteiger charge is -2.51. The van der Waals surface area contributed by atoms with Crippen LogP contribution in [0.2, 0.25) is 0 Å². The molecule has 1 saturated heterocycles. The van der Waals surface area contributed by atoms with E-state index in [1.807, 2.05) is 34.1 Å². The lowest BCUT2D eigenvalue weighted by molar-refractivity contribution is 0.0201. The molecule has 1 aliphatic carbocycles. The van der Waals surface area contributed by atoms with Crippen molar-refractivity contribution in [3.05, 3.63) is 65.7 Å². The second-order valence-electron chi connectivity index (χ2n) is 9.38. The van der Waals surface area contributed by atoms with Gasteiger partial charge in [-0.3, -0.25) is 4.90 Å². The maximum absolute atomic E-state index is 13.4. The van der Waals surface area contributed by atoms with Crippen molar-refractivity contribution in [3.8, 4) is 5.75 Å². The fourth-order valence-electron chi connectivity index (χ4n) is 5.69. The summed E-state index contributed by atoms with van der Waals surface area (Å²) in [5.41, 5.74) is 2.18. The first-order valence-corrected chi connectivity index (χ1v) is 11.5. The Morgan fingerprint density at radius 2 is 1.66 bits per heavy atom. The Hall–Kier alpha value is -2.57. The van der Waals surface area contributed by atoms with Gasteiger partial charge in [-0.25, -0.2) is 4.79 Å². The summed E-state index contributed by atoms with van der Waals surface area (Å²) in [7, 11) is 5.97. The van der Waals surface area contributed by atoms with Gasteiger partial charge in [0.15, 0.2) is 0 Å². The van der Waals surface area contributed by atoms with Crippen LogP contribution in [0.3, 0.4) is 0 Å². The zero-order valence-electron chi connectivity index (χ0n) is 19.5. The highest BCUT2D eigenvalue weighted by molar-refractivity contribution is 5.78. The minimum absolute atomic E-state index is 0.0125. The van der Waals surface area contributed by atoms with Crippen molar-refractivity contribution >= 4 is 6.03 Å². The van der Waals surface area contributed by atoms with Gasteiger partial charge in [0.05, 0.1) is 19.3 Å². The second-order valence-corrected chi connectivity index (χ2v) is 9.38. The fraction of sp³-hybridized carbons (Fsp3) is 0.500. The number of carbonyl (C=O) groups excluding carboxylic acids is 1. The highest BCUT2D eigenvalue weighted by Gasteiger charge is 2.54. The van der Waals surface area contributed by atoms with E-state index in [0.717, 1.165) is 37.0 Å². The van der Waals surface area contributed by atoms with Gasteiger partial charge < -0.3 is 19.6 Å². The minimum atomic E-state index is -0.222. The quantitative estimate of drug-likeness (QED) is 0.718. The van der Waals surface area contributed by atoms with Crippen LogP contribution in [0.5, 0.6) is 5.75 Å². The van der Waals surface area contributed by atoms with E-state index in [-0.39, 0.29) is 23.7 Å². The van der Waals surface area contributed by atoms with E-state index in [4.69, 9.17) is 4.74 Å². The molecule has 32 heavy (non-hydrogen) atoms. The molecule has 2 aromatic carbocycles. The third-order valence-corrected chi connectivity index (χ3v) is 7.59. The third-order valence-electron chi connectivity index (χ3n) is 7.59. The van der Waals surface area contributed by atoms with E-state index in [1.54, 1.807) is 7.11 Å². The van der Waals surface area contributed by atoms with Crippen LogP contribution < -0.4 is 4.74 Å². The van der Waals surface area contributed by atoms with Gasteiger partial charge in [0.1, 0.15) is 5.75 Å². The number of methoxy groups -OCH3 is 1. The molecular weight excluding hydrogens is 402 g/mol. The minimum Gasteiger partial charge on any atom is -0.497 e. The van der Waals surface area contributed by atoms with Crippen molar-refractivity contribution < 1.29 is 14.6 Å². The summed E-state index contributed by atoms with van der Waals surface area (Å²) >= 11 is 0. The van der Waals surface area contributed by atoms with E-state index >= 15 is 0 Å². The molecule has 0 bridgehead atoms. The first-order chi connectivity index (χ1) is 15.4. The van der Waals surface area contributed by atoms with Crippen LogP contribution >= 0.6 is 0 Å². The number of aliphatic hydroxyl groups excluding tert-OH is 1. The summed E-state index contributed by atoms with van der Waals surface area (Å²) in [6.07, 6.45) is 3.81. The zero-order valence-corrected chi connectivity index (χ0v) is 19.5. The average Bonchev–Trinajstić information content (AvgIpc) is 3.06. The fourth-order valence-corrected chi connectivity index (χ4v) is 5.69. The molecule has 2 aliphatic rings. The van der Waals surface area contributed by atoms with Crippen molar-refractivity contribution in [1.82, 2.24) is 14.7 Å². The van der Waals surface area contributed by atoms with Gasteiger partial charge in [0.2, 0.25) is 0 Å². The Morgan fingerprint density at radius 3 is 2.22 bits per heavy atom. The zero-order chi connectivity index (χ0) is 22.8. The van der Waals surface area contributed by atoms with Crippen molar-refractivity contribution in [1.29, 1.82) is 0 Å². The average molecular weight is 438 g/mol. The molecule has 0 atom stereocenters. The summed E-state index contributed by atoms with van der Waals surface area (Å²) in [4.78, 5) is 19.6. The van der Waals surface area contributed by atoms with E-state index in [1.165, 1.54) is 5.56 Å². The van der Waals surface area contributed by atoms with Gasteiger partial charge >= 0.3 is 6.03 Å². The molecule has 0 radical (unpaired) electrons. The maximum atomic E-state index is 13.4. The van der Waals surface area contributed by atoms with E-state index < -0.39 is 0 Å². The predicted molar refractivity (Wildman–Crippen MR) is 126 cm³/mol. The highest BCUT2D eigenvalue weighted by Crippen LogP contribution is 2.49. The van der Waals surface area contributed by atoms with Gasteiger partial charge in [-0.2, -0.15) is 0 Å². The van der Waals surface area contributed by atoms with E-state index in [2.05, 4.69) is 49.3 Å². The molecule has 4 rings (SSSR count). The monoisotopic (exact) mass is 437 g/mol. The summed E-state index contributed by atoms with van der Waals surface area (Å²) < 4.78 is 5.25. The summed E-state index contributed by atoms with van der Waals surface area (Å²) in [5.74, 6) is 0.813. The molecule has 1 saturated carbocycles. The van der Waals surface area contributed by atoms with Crippen LogP contribution in [0.15, 0.2) is 54.6 Å². The Labute approximate surface area is 191 Å². The number of nitrogens with zero attached hydrogens (tertiary/aromatic N) is 3. The van der Waals surface area contributed by atoms with Crippen LogP contribution in [0.1, 0.15) is 36.8 Å². The van der Waals surface area contributed by atoms with E-state index in [9.17, 15) is 9.90 Å². The van der Waals surface area contributed by atoms with Crippen LogP contribution in [0.25, 0.3) is 0 Å². The maximum Gasteiger partial charge on any atom is 0.320 e. The number of β-amino-alcohol motifs (C(OH)–C–C–N with tert-alkyl or cyclic N) is 1. The standard InChI is InChI=1S/C26H35N3O3/c1-27(2)26(22-7-5-4-6-8-22)15-13-25(14-16-26)20-28(24(31)29(25)17-18-30)19-21-9-11-23(32-3)12-10-21/h4-12,30H,13-20H2,1-3H3/t25-,26-. The van der Waals surface area contributed by atoms with Crippen LogP contribution in [-0.2, 0) is 12.1 Å². The summed E-state index contributed by atoms with van der Waals surface area (Å²) in [6, 6.07) is 18.7. The Balaban J connectivity index is 1.55. The molecular formula is C26H35N3O3. The molecule has 1 spiro atoms. The molecule has 1 N–H and O–H groups in total. The van der Waals surface area contributed by atoms with Gasteiger partial charge in [-0.1, -0.05) is 42.5 Å². The molecule has 0 aromatic heterocycles. The number of amides is 2. The Kier molecular flexibility index (Phi) is 6.45. The number of hydrogen-bond acceptors (Lipinski definition) is 4. The largest absolute Gasteiger partial charge is 0.497 e. The van der Waals surface area contributed by atoms with Crippen LogP contribution in [0, 0.1) is 0 Å².